The van der Waals surface area contributed by atoms with Crippen LogP contribution in [-0.4, -0.2) is 29.5 Å². The van der Waals surface area contributed by atoms with Crippen molar-refractivity contribution >= 4 is 41.0 Å². The smallest absolute Gasteiger partial charge is 0.308 e. The van der Waals surface area contributed by atoms with E-state index in [4.69, 9.17) is 16.3 Å². The van der Waals surface area contributed by atoms with Gasteiger partial charge < -0.3 is 4.74 Å². The average Bonchev–Trinajstić information content (AvgIpc) is 3.04. The van der Waals surface area contributed by atoms with Gasteiger partial charge in [0.25, 0.3) is 5.91 Å². The minimum absolute atomic E-state index is 0.225. The molecule has 148 valence electrons. The molecule has 3 rings (SSSR count). The first kappa shape index (κ1) is 20.5. The summed E-state index contributed by atoms with van der Waals surface area (Å²) in [7, 11) is 0. The van der Waals surface area contributed by atoms with Crippen molar-refractivity contribution in [3.63, 3.8) is 0 Å². The van der Waals surface area contributed by atoms with Crippen molar-refractivity contribution in [1.82, 2.24) is 10.3 Å². The van der Waals surface area contributed by atoms with Gasteiger partial charge in [-0.3, -0.25) is 14.5 Å². The van der Waals surface area contributed by atoms with E-state index in [1.165, 1.54) is 23.1 Å². The number of amides is 1. The summed E-state index contributed by atoms with van der Waals surface area (Å²) in [5, 5.41) is 5.12. The van der Waals surface area contributed by atoms with Crippen LogP contribution < -0.4 is 10.2 Å². The molecule has 2 heterocycles. The number of fused-ring (bicyclic) bond motifs is 1. The van der Waals surface area contributed by atoms with E-state index in [0.29, 0.717) is 23.2 Å². The molecule has 6 nitrogen and oxygen atoms in total. The number of carbonyl (C=O) groups excluding carboxylic acids is 2. The first-order valence-corrected chi connectivity index (χ1v) is 10.3. The van der Waals surface area contributed by atoms with Gasteiger partial charge in [0.1, 0.15) is 6.04 Å². The highest BCUT2D eigenvalue weighted by atomic mass is 35.5. The Morgan fingerprint density at radius 3 is 2.93 bits per heavy atom. The van der Waals surface area contributed by atoms with Gasteiger partial charge in [-0.15, -0.1) is 11.3 Å². The van der Waals surface area contributed by atoms with Crippen LogP contribution in [0.15, 0.2) is 35.4 Å². The fourth-order valence-electron chi connectivity index (χ4n) is 3.20. The van der Waals surface area contributed by atoms with Gasteiger partial charge in [0.15, 0.2) is 5.06 Å². The van der Waals surface area contributed by atoms with Crippen LogP contribution in [0.5, 0.6) is 5.06 Å². The maximum absolute atomic E-state index is 12.9. The summed E-state index contributed by atoms with van der Waals surface area (Å²) >= 11 is 7.89. The van der Waals surface area contributed by atoms with E-state index in [0.717, 1.165) is 24.0 Å². The first-order valence-electron chi connectivity index (χ1n) is 9.09. The number of halogens is 1. The number of ether oxygens (including phenoxy) is 1. The Morgan fingerprint density at radius 2 is 2.21 bits per heavy atom. The van der Waals surface area contributed by atoms with Gasteiger partial charge in [0.2, 0.25) is 0 Å². The van der Waals surface area contributed by atoms with E-state index >= 15 is 0 Å². The lowest BCUT2D eigenvalue weighted by Gasteiger charge is -2.33. The Hall–Kier alpha value is -2.22. The van der Waals surface area contributed by atoms with Gasteiger partial charge in [-0.25, -0.2) is 5.43 Å². The minimum atomic E-state index is -0.562. The number of hydrogen-bond donors (Lipinski definition) is 1. The van der Waals surface area contributed by atoms with Crippen LogP contribution in [0.2, 0.25) is 5.02 Å². The predicted octanol–water partition coefficient (Wildman–Crippen LogP) is 3.94. The van der Waals surface area contributed by atoms with Crippen molar-refractivity contribution in [1.29, 1.82) is 0 Å². The number of carbonyl (C=O) groups is 2. The summed E-state index contributed by atoms with van der Waals surface area (Å²) < 4.78 is 5.22. The summed E-state index contributed by atoms with van der Waals surface area (Å²) in [6.45, 7) is 4.59. The molecule has 1 N–H and O–H groups in total. The molecule has 0 saturated heterocycles. The number of esters is 1. The molecule has 0 radical (unpaired) electrons. The maximum atomic E-state index is 12.9. The SMILES string of the molecule is CC/C=N/NC(=O)C(c1ccccc1Cl)N1CCc2sc(OC(C)=O)cc2C1. The highest BCUT2D eigenvalue weighted by molar-refractivity contribution is 7.14. The number of rotatable bonds is 6. The van der Waals surface area contributed by atoms with E-state index in [1.54, 1.807) is 12.3 Å². The van der Waals surface area contributed by atoms with E-state index in [9.17, 15) is 9.59 Å². The average molecular weight is 420 g/mol. The van der Waals surface area contributed by atoms with Crippen molar-refractivity contribution in [3.05, 3.63) is 51.4 Å². The first-order chi connectivity index (χ1) is 13.5. The summed E-state index contributed by atoms with van der Waals surface area (Å²) in [5.74, 6) is -0.561. The number of thiophene rings is 1. The van der Waals surface area contributed by atoms with Crippen molar-refractivity contribution in [3.8, 4) is 5.06 Å². The second-order valence-electron chi connectivity index (χ2n) is 6.45. The molecule has 1 aliphatic heterocycles. The van der Waals surface area contributed by atoms with Gasteiger partial charge in [-0.2, -0.15) is 5.10 Å². The molecule has 1 amide bonds. The molecule has 2 aromatic rings. The molecular formula is C20H22ClN3O3S. The molecule has 1 aromatic carbocycles. The molecular weight excluding hydrogens is 398 g/mol. The van der Waals surface area contributed by atoms with E-state index in [-0.39, 0.29) is 11.9 Å². The zero-order chi connectivity index (χ0) is 20.1. The predicted molar refractivity (Wildman–Crippen MR) is 111 cm³/mol. The normalized spacial score (nSPS) is 15.2. The third-order valence-electron chi connectivity index (χ3n) is 4.38. The van der Waals surface area contributed by atoms with E-state index < -0.39 is 6.04 Å². The lowest BCUT2D eigenvalue weighted by atomic mass is 10.0. The molecule has 1 aliphatic rings. The Morgan fingerprint density at radius 1 is 1.43 bits per heavy atom. The molecule has 28 heavy (non-hydrogen) atoms. The Balaban J connectivity index is 1.87. The molecule has 8 heteroatoms. The summed E-state index contributed by atoms with van der Waals surface area (Å²) in [4.78, 5) is 27.4. The standard InChI is InChI=1S/C20H22ClN3O3S/c1-3-9-22-23-20(26)19(15-6-4-5-7-16(15)21)24-10-8-17-14(12-24)11-18(28-17)27-13(2)25/h4-7,9,11,19H,3,8,10,12H2,1-2H3,(H,23,26)/b22-9+. The lowest BCUT2D eigenvalue weighted by Crippen LogP contribution is -2.41. The topological polar surface area (TPSA) is 71.0 Å². The van der Waals surface area contributed by atoms with Crippen LogP contribution in [-0.2, 0) is 22.6 Å². The van der Waals surface area contributed by atoms with Crippen molar-refractivity contribution in [2.45, 2.75) is 39.3 Å². The lowest BCUT2D eigenvalue weighted by molar-refractivity contribution is -0.131. The summed E-state index contributed by atoms with van der Waals surface area (Å²) in [6, 6.07) is 8.68. The maximum Gasteiger partial charge on any atom is 0.308 e. The third kappa shape index (κ3) is 4.79. The number of hydrazone groups is 1. The number of nitrogens with one attached hydrogen (secondary N) is 1. The molecule has 0 aliphatic carbocycles. The third-order valence-corrected chi connectivity index (χ3v) is 5.84. The monoisotopic (exact) mass is 419 g/mol. The van der Waals surface area contributed by atoms with Gasteiger partial charge in [0, 0.05) is 36.1 Å². The van der Waals surface area contributed by atoms with Crippen LogP contribution in [0.25, 0.3) is 0 Å². The molecule has 1 atom stereocenters. The zero-order valence-corrected chi connectivity index (χ0v) is 17.3. The molecule has 0 spiro atoms. The Kier molecular flexibility index (Phi) is 6.83. The molecule has 0 fully saturated rings. The summed E-state index contributed by atoms with van der Waals surface area (Å²) in [6.07, 6.45) is 3.16. The highest BCUT2D eigenvalue weighted by Gasteiger charge is 2.32. The Bertz CT molecular complexity index is 897. The van der Waals surface area contributed by atoms with Crippen molar-refractivity contribution < 1.29 is 14.3 Å². The number of benzene rings is 1. The Labute approximate surface area is 173 Å². The van der Waals surface area contributed by atoms with Crippen LogP contribution in [0.1, 0.15) is 42.3 Å². The molecule has 0 bridgehead atoms. The van der Waals surface area contributed by atoms with Gasteiger partial charge in [-0.1, -0.05) is 36.7 Å². The minimum Gasteiger partial charge on any atom is -0.416 e. The fraction of sp³-hybridized carbons (Fsp3) is 0.350. The van der Waals surface area contributed by atoms with Gasteiger partial charge >= 0.3 is 5.97 Å². The fourth-order valence-corrected chi connectivity index (χ4v) is 4.49. The van der Waals surface area contributed by atoms with E-state index in [2.05, 4.69) is 15.4 Å². The van der Waals surface area contributed by atoms with Crippen LogP contribution >= 0.6 is 22.9 Å². The second kappa shape index (κ2) is 9.32. The second-order valence-corrected chi connectivity index (χ2v) is 7.95. The molecule has 0 saturated carbocycles. The number of hydrogen-bond acceptors (Lipinski definition) is 6. The quantitative estimate of drug-likeness (QED) is 0.437. The van der Waals surface area contributed by atoms with Crippen LogP contribution in [0.3, 0.4) is 0 Å². The van der Waals surface area contributed by atoms with Gasteiger partial charge in [0.05, 0.1) is 0 Å². The molecule has 1 unspecified atom stereocenters. The van der Waals surface area contributed by atoms with Crippen molar-refractivity contribution in [2.24, 2.45) is 5.10 Å². The zero-order valence-electron chi connectivity index (χ0n) is 15.8. The van der Waals surface area contributed by atoms with Crippen LogP contribution in [0, 0.1) is 0 Å². The van der Waals surface area contributed by atoms with Crippen LogP contribution in [0.4, 0.5) is 0 Å². The molecule has 1 aromatic heterocycles. The highest BCUT2D eigenvalue weighted by Crippen LogP contribution is 2.37. The summed E-state index contributed by atoms with van der Waals surface area (Å²) in [5.41, 5.74) is 4.43. The van der Waals surface area contributed by atoms with Crippen molar-refractivity contribution in [2.75, 3.05) is 6.54 Å². The van der Waals surface area contributed by atoms with Gasteiger partial charge in [-0.05, 0) is 36.1 Å². The van der Waals surface area contributed by atoms with E-state index in [1.807, 2.05) is 31.2 Å². The largest absolute Gasteiger partial charge is 0.416 e. The number of nitrogens with zero attached hydrogens (tertiary/aromatic N) is 2.